The fraction of sp³-hybridized carbons (Fsp3) is 0.417. The van der Waals surface area contributed by atoms with Gasteiger partial charge in [0.25, 0.3) is 0 Å². The number of ether oxygens (including phenoxy) is 1. The number of aromatic nitrogens is 1. The van der Waals surface area contributed by atoms with E-state index in [0.29, 0.717) is 59.2 Å². The van der Waals surface area contributed by atoms with Gasteiger partial charge in [-0.2, -0.15) is 0 Å². The van der Waals surface area contributed by atoms with E-state index >= 15 is 4.39 Å². The van der Waals surface area contributed by atoms with Crippen molar-refractivity contribution in [2.75, 3.05) is 24.5 Å². The van der Waals surface area contributed by atoms with Crippen LogP contribution in [0, 0.1) is 29.0 Å². The number of aromatic carboxylic acids is 1. The van der Waals surface area contributed by atoms with Crippen LogP contribution in [0.5, 0.6) is 5.75 Å². The van der Waals surface area contributed by atoms with Gasteiger partial charge in [-0.3, -0.25) is 9.20 Å². The van der Waals surface area contributed by atoms with Crippen molar-refractivity contribution >= 4 is 38.7 Å². The van der Waals surface area contributed by atoms with E-state index in [4.69, 9.17) is 10.5 Å². The molecule has 7 nitrogen and oxygen atoms in total. The molecule has 2 bridgehead atoms. The Balaban J connectivity index is 1.45. The summed E-state index contributed by atoms with van der Waals surface area (Å²) >= 11 is 1.20. The first-order valence-corrected chi connectivity index (χ1v) is 12.1. The summed E-state index contributed by atoms with van der Waals surface area (Å²) in [5.41, 5.74) is 6.78. The van der Waals surface area contributed by atoms with Gasteiger partial charge < -0.3 is 20.5 Å². The lowest BCUT2D eigenvalue weighted by atomic mass is 9.55. The summed E-state index contributed by atoms with van der Waals surface area (Å²) in [6, 6.07) is 1.19. The number of halogens is 1. The van der Waals surface area contributed by atoms with Gasteiger partial charge in [0.1, 0.15) is 28.2 Å². The number of nitrogens with zero attached hydrogens (tertiary/aromatic N) is 2. The van der Waals surface area contributed by atoms with Gasteiger partial charge in [0, 0.05) is 30.4 Å². The van der Waals surface area contributed by atoms with Crippen LogP contribution in [0.1, 0.15) is 28.9 Å². The van der Waals surface area contributed by atoms with Crippen molar-refractivity contribution in [2.45, 2.75) is 19.4 Å². The Labute approximate surface area is 191 Å². The van der Waals surface area contributed by atoms with E-state index < -0.39 is 17.2 Å². The Morgan fingerprint density at radius 2 is 2.24 bits per heavy atom. The number of allylic oxidation sites excluding steroid dienone is 1. The predicted molar refractivity (Wildman–Crippen MR) is 123 cm³/mol. The molecule has 4 atom stereocenters. The quantitative estimate of drug-likeness (QED) is 0.574. The average molecular weight is 468 g/mol. The summed E-state index contributed by atoms with van der Waals surface area (Å²) < 4.78 is 23.5. The molecule has 4 unspecified atom stereocenters. The molecule has 2 aliphatic heterocycles. The maximum absolute atomic E-state index is 15.7. The number of benzene rings is 1. The molecular formula is C24H22FN3O4S. The smallest absolute Gasteiger partial charge is 0.342 e. The third kappa shape index (κ3) is 2.31. The summed E-state index contributed by atoms with van der Waals surface area (Å²) in [6.07, 6.45) is 6.76. The van der Waals surface area contributed by atoms with Crippen LogP contribution in [0.25, 0.3) is 15.7 Å². The fourth-order valence-electron chi connectivity index (χ4n) is 6.84. The van der Waals surface area contributed by atoms with Gasteiger partial charge in [0.05, 0.1) is 11.1 Å². The van der Waals surface area contributed by atoms with Crippen molar-refractivity contribution in [3.63, 3.8) is 0 Å². The third-order valence-corrected chi connectivity index (χ3v) is 9.44. The van der Waals surface area contributed by atoms with Gasteiger partial charge in [0.15, 0.2) is 11.6 Å². The van der Waals surface area contributed by atoms with Crippen molar-refractivity contribution in [1.82, 2.24) is 4.40 Å². The first-order valence-electron chi connectivity index (χ1n) is 11.3. The van der Waals surface area contributed by atoms with Crippen LogP contribution in [0.3, 0.4) is 0 Å². The fourth-order valence-corrected chi connectivity index (χ4v) is 7.88. The number of hydrogen-bond acceptors (Lipinski definition) is 6. The highest BCUT2D eigenvalue weighted by Gasteiger charge is 2.54. The van der Waals surface area contributed by atoms with Gasteiger partial charge in [-0.05, 0) is 36.7 Å². The molecular weight excluding hydrogens is 445 g/mol. The third-order valence-electron chi connectivity index (χ3n) is 8.44. The van der Waals surface area contributed by atoms with E-state index in [9.17, 15) is 14.7 Å². The summed E-state index contributed by atoms with van der Waals surface area (Å²) in [4.78, 5) is 27.4. The second-order valence-electron chi connectivity index (χ2n) is 9.77. The highest BCUT2D eigenvalue weighted by atomic mass is 32.1. The Bertz CT molecular complexity index is 1480. The molecule has 170 valence electrons. The molecule has 4 heterocycles. The number of carboxylic acid groups (broad SMARTS) is 1. The summed E-state index contributed by atoms with van der Waals surface area (Å²) in [6.45, 7) is 2.17. The second-order valence-corrected chi connectivity index (χ2v) is 10.6. The molecule has 1 saturated heterocycles. The number of carboxylic acids is 1. The predicted octanol–water partition coefficient (Wildman–Crippen LogP) is 3.22. The number of anilines is 1. The van der Waals surface area contributed by atoms with E-state index in [0.717, 1.165) is 18.5 Å². The standard InChI is InChI=1S/C24H22FN3O4S/c25-16-5-13-18-21(32-8-12-9-33-22(28(12)18)17(20(13)29)23(30)31)19(16)27-6-14-11-1-3-24(10-26,4-2-11)15(14)7-27/h1,3,5,9,11,14-15H,2,4,6-8,10,26H2,(H,30,31). The molecule has 3 N–H and O–H groups in total. The molecule has 5 aliphatic rings. The van der Waals surface area contributed by atoms with Crippen molar-refractivity contribution in [2.24, 2.45) is 28.9 Å². The van der Waals surface area contributed by atoms with Gasteiger partial charge >= 0.3 is 5.97 Å². The molecule has 1 saturated carbocycles. The first kappa shape index (κ1) is 19.5. The van der Waals surface area contributed by atoms with Gasteiger partial charge in [-0.25, -0.2) is 9.18 Å². The summed E-state index contributed by atoms with van der Waals surface area (Å²) in [5.74, 6) is -0.284. The zero-order chi connectivity index (χ0) is 22.6. The SMILES string of the molecule is NCC12C=CC(CC1)C1CN(c3c(F)cc4c(=O)c(C(=O)O)c5scc6n5c4c3OC6)CC12. The lowest BCUT2D eigenvalue weighted by molar-refractivity contribution is 0.0697. The monoisotopic (exact) mass is 467 g/mol. The second kappa shape index (κ2) is 6.36. The highest BCUT2D eigenvalue weighted by molar-refractivity contribution is 7.16. The van der Waals surface area contributed by atoms with E-state index in [1.54, 1.807) is 9.78 Å². The van der Waals surface area contributed by atoms with Crippen molar-refractivity contribution in [3.05, 3.63) is 50.9 Å². The molecule has 3 aromatic rings. The lowest BCUT2D eigenvalue weighted by Crippen LogP contribution is -2.48. The molecule has 33 heavy (non-hydrogen) atoms. The molecule has 2 aromatic heterocycles. The number of fused-ring (bicyclic) bond motifs is 1. The minimum Gasteiger partial charge on any atom is -0.483 e. The van der Waals surface area contributed by atoms with E-state index in [1.165, 1.54) is 17.4 Å². The maximum atomic E-state index is 15.7. The lowest BCUT2D eigenvalue weighted by Gasteiger charge is -2.49. The average Bonchev–Trinajstić information content (AvgIpc) is 3.45. The number of pyridine rings is 1. The van der Waals surface area contributed by atoms with Crippen LogP contribution in [-0.2, 0) is 6.61 Å². The zero-order valence-electron chi connectivity index (χ0n) is 17.7. The number of hydrogen-bond donors (Lipinski definition) is 2. The molecule has 9 heteroatoms. The molecule has 8 rings (SSSR count). The van der Waals surface area contributed by atoms with Gasteiger partial charge in [0.2, 0.25) is 5.43 Å². The van der Waals surface area contributed by atoms with Crippen LogP contribution in [0.4, 0.5) is 10.1 Å². The van der Waals surface area contributed by atoms with E-state index in [1.807, 2.05) is 0 Å². The minimum atomic E-state index is -1.31. The van der Waals surface area contributed by atoms with E-state index in [-0.39, 0.29) is 23.0 Å². The van der Waals surface area contributed by atoms with Crippen LogP contribution < -0.4 is 20.8 Å². The summed E-state index contributed by atoms with van der Waals surface area (Å²) in [7, 11) is 0. The molecule has 3 aliphatic carbocycles. The molecule has 2 fully saturated rings. The Morgan fingerprint density at radius 3 is 2.97 bits per heavy atom. The number of nitrogens with two attached hydrogens (primary N) is 1. The zero-order valence-corrected chi connectivity index (χ0v) is 18.5. The minimum absolute atomic E-state index is 0.0391. The van der Waals surface area contributed by atoms with Crippen molar-refractivity contribution in [3.8, 4) is 5.75 Å². The molecule has 0 radical (unpaired) electrons. The topological polar surface area (TPSA) is 97.3 Å². The van der Waals surface area contributed by atoms with Crippen molar-refractivity contribution < 1.29 is 19.0 Å². The maximum Gasteiger partial charge on any atom is 0.342 e. The van der Waals surface area contributed by atoms with Gasteiger partial charge in [-0.1, -0.05) is 12.2 Å². The number of carbonyl (C=O) groups is 1. The Morgan fingerprint density at radius 1 is 1.39 bits per heavy atom. The van der Waals surface area contributed by atoms with Crippen LogP contribution in [0.15, 0.2) is 28.4 Å². The number of rotatable bonds is 3. The van der Waals surface area contributed by atoms with Crippen LogP contribution >= 0.6 is 11.3 Å². The molecule has 1 aromatic carbocycles. The summed E-state index contributed by atoms with van der Waals surface area (Å²) in [5, 5.41) is 11.5. The van der Waals surface area contributed by atoms with E-state index in [2.05, 4.69) is 17.1 Å². The highest BCUT2D eigenvalue weighted by Crippen LogP contribution is 2.56. The normalized spacial score (nSPS) is 29.3. The number of thiazole rings is 1. The molecule has 0 spiro atoms. The van der Waals surface area contributed by atoms with Crippen LogP contribution in [0.2, 0.25) is 0 Å². The van der Waals surface area contributed by atoms with Crippen molar-refractivity contribution in [1.29, 1.82) is 0 Å². The Kier molecular flexibility index (Phi) is 3.77. The Hall–Kier alpha value is -2.91. The van der Waals surface area contributed by atoms with Crippen LogP contribution in [-0.4, -0.2) is 35.1 Å². The molecule has 0 amide bonds. The van der Waals surface area contributed by atoms with Gasteiger partial charge in [-0.15, -0.1) is 11.3 Å². The first-order chi connectivity index (χ1) is 15.9. The largest absolute Gasteiger partial charge is 0.483 e.